The lowest BCUT2D eigenvalue weighted by Gasteiger charge is -2.20. The molecule has 0 fully saturated rings. The van der Waals surface area contributed by atoms with E-state index in [-0.39, 0.29) is 17.7 Å². The normalized spacial score (nSPS) is 11.6. The fourth-order valence-corrected chi connectivity index (χ4v) is 2.77. The van der Waals surface area contributed by atoms with Gasteiger partial charge in [0.1, 0.15) is 0 Å². The molecular formula is C20H24N2O2. The Morgan fingerprint density at radius 3 is 2.21 bits per heavy atom. The van der Waals surface area contributed by atoms with Gasteiger partial charge in [-0.2, -0.15) is 0 Å². The third kappa shape index (κ3) is 5.23. The van der Waals surface area contributed by atoms with E-state index in [2.05, 4.69) is 41.8 Å². The van der Waals surface area contributed by atoms with Crippen molar-refractivity contribution in [2.45, 2.75) is 26.2 Å². The molecule has 0 aliphatic rings. The van der Waals surface area contributed by atoms with Gasteiger partial charge in [-0.05, 0) is 23.6 Å². The number of amides is 2. The van der Waals surface area contributed by atoms with Crippen LogP contribution in [0.5, 0.6) is 0 Å². The third-order valence-corrected chi connectivity index (χ3v) is 3.98. The number of carbonyl (C=O) groups is 2. The zero-order valence-electron chi connectivity index (χ0n) is 14.2. The SMILES string of the molecule is CC(=O)NCCNC(=O)C[C@@H](c1ccccc1)c1ccccc1C. The summed E-state index contributed by atoms with van der Waals surface area (Å²) >= 11 is 0. The van der Waals surface area contributed by atoms with Gasteiger partial charge in [0.2, 0.25) is 11.8 Å². The molecule has 0 aliphatic carbocycles. The first kappa shape index (κ1) is 17.7. The van der Waals surface area contributed by atoms with E-state index in [0.29, 0.717) is 19.5 Å². The maximum Gasteiger partial charge on any atom is 0.221 e. The monoisotopic (exact) mass is 324 g/mol. The highest BCUT2D eigenvalue weighted by Gasteiger charge is 2.19. The van der Waals surface area contributed by atoms with Crippen LogP contribution in [0.15, 0.2) is 54.6 Å². The summed E-state index contributed by atoms with van der Waals surface area (Å²) in [6, 6.07) is 18.2. The third-order valence-electron chi connectivity index (χ3n) is 3.98. The summed E-state index contributed by atoms with van der Waals surface area (Å²) in [7, 11) is 0. The molecule has 0 saturated carbocycles. The van der Waals surface area contributed by atoms with Crippen LogP contribution in [0.3, 0.4) is 0 Å². The van der Waals surface area contributed by atoms with Crippen LogP contribution in [-0.2, 0) is 9.59 Å². The molecule has 0 bridgehead atoms. The minimum Gasteiger partial charge on any atom is -0.355 e. The lowest BCUT2D eigenvalue weighted by molar-refractivity contribution is -0.122. The first-order valence-electron chi connectivity index (χ1n) is 8.19. The van der Waals surface area contributed by atoms with E-state index >= 15 is 0 Å². The second-order valence-electron chi connectivity index (χ2n) is 5.86. The molecule has 0 radical (unpaired) electrons. The summed E-state index contributed by atoms with van der Waals surface area (Å²) < 4.78 is 0. The highest BCUT2D eigenvalue weighted by atomic mass is 16.2. The van der Waals surface area contributed by atoms with Crippen molar-refractivity contribution in [2.24, 2.45) is 0 Å². The zero-order chi connectivity index (χ0) is 17.4. The van der Waals surface area contributed by atoms with E-state index in [1.165, 1.54) is 18.1 Å². The number of hydrogen-bond acceptors (Lipinski definition) is 2. The first-order valence-corrected chi connectivity index (χ1v) is 8.19. The number of rotatable bonds is 7. The molecule has 0 unspecified atom stereocenters. The lowest BCUT2D eigenvalue weighted by atomic mass is 9.86. The van der Waals surface area contributed by atoms with Crippen LogP contribution >= 0.6 is 0 Å². The van der Waals surface area contributed by atoms with E-state index < -0.39 is 0 Å². The standard InChI is InChI=1S/C20H24N2O2/c1-15-8-6-7-11-18(15)19(17-9-4-3-5-10-17)14-20(24)22-13-12-21-16(2)23/h3-11,19H,12-14H2,1-2H3,(H,21,23)(H,22,24)/t19-/m0/s1. The summed E-state index contributed by atoms with van der Waals surface area (Å²) in [5.41, 5.74) is 3.47. The van der Waals surface area contributed by atoms with Crippen molar-refractivity contribution >= 4 is 11.8 Å². The number of hydrogen-bond donors (Lipinski definition) is 2. The smallest absolute Gasteiger partial charge is 0.221 e. The minimum absolute atomic E-state index is 0.0162. The molecule has 2 N–H and O–H groups in total. The van der Waals surface area contributed by atoms with Crippen LogP contribution < -0.4 is 10.6 Å². The fourth-order valence-electron chi connectivity index (χ4n) is 2.77. The topological polar surface area (TPSA) is 58.2 Å². The summed E-state index contributed by atoms with van der Waals surface area (Å²) in [5, 5.41) is 5.55. The van der Waals surface area contributed by atoms with Crippen LogP contribution in [0.2, 0.25) is 0 Å². The van der Waals surface area contributed by atoms with Crippen LogP contribution in [0, 0.1) is 6.92 Å². The van der Waals surface area contributed by atoms with Crippen molar-refractivity contribution in [1.82, 2.24) is 10.6 Å². The van der Waals surface area contributed by atoms with Gasteiger partial charge in [-0.3, -0.25) is 9.59 Å². The molecule has 2 amide bonds. The number of carbonyl (C=O) groups excluding carboxylic acids is 2. The van der Waals surface area contributed by atoms with Gasteiger partial charge in [-0.1, -0.05) is 54.6 Å². The maximum absolute atomic E-state index is 12.3. The maximum atomic E-state index is 12.3. The molecule has 126 valence electrons. The van der Waals surface area contributed by atoms with Crippen LogP contribution in [0.1, 0.15) is 36.0 Å². The second kappa shape index (κ2) is 8.87. The van der Waals surface area contributed by atoms with E-state index in [1.807, 2.05) is 30.3 Å². The Bertz CT molecular complexity index is 683. The van der Waals surface area contributed by atoms with Gasteiger partial charge in [0.25, 0.3) is 0 Å². The molecule has 2 aromatic rings. The molecule has 1 atom stereocenters. The largest absolute Gasteiger partial charge is 0.355 e. The van der Waals surface area contributed by atoms with Crippen molar-refractivity contribution < 1.29 is 9.59 Å². The van der Waals surface area contributed by atoms with E-state index in [4.69, 9.17) is 0 Å². The molecule has 24 heavy (non-hydrogen) atoms. The van der Waals surface area contributed by atoms with E-state index in [0.717, 1.165) is 5.56 Å². The molecule has 0 aliphatic heterocycles. The van der Waals surface area contributed by atoms with E-state index in [1.54, 1.807) is 0 Å². The molecule has 0 saturated heterocycles. The average molecular weight is 324 g/mol. The average Bonchev–Trinajstić information content (AvgIpc) is 2.58. The summed E-state index contributed by atoms with van der Waals surface area (Å²) in [6.45, 7) is 4.42. The van der Waals surface area contributed by atoms with Gasteiger partial charge in [0.15, 0.2) is 0 Å². The predicted octanol–water partition coefficient (Wildman–Crippen LogP) is 2.77. The Hall–Kier alpha value is -2.62. The summed E-state index contributed by atoms with van der Waals surface area (Å²) in [4.78, 5) is 23.2. The molecule has 0 heterocycles. The van der Waals surface area contributed by atoms with Crippen molar-refractivity contribution in [3.63, 3.8) is 0 Å². The molecule has 0 aromatic heterocycles. The van der Waals surface area contributed by atoms with Crippen molar-refractivity contribution in [3.8, 4) is 0 Å². The molecule has 2 aromatic carbocycles. The van der Waals surface area contributed by atoms with Gasteiger partial charge in [0, 0.05) is 32.4 Å². The Morgan fingerprint density at radius 1 is 0.917 bits per heavy atom. The number of aryl methyl sites for hydroxylation is 1. The second-order valence-corrected chi connectivity index (χ2v) is 5.86. The van der Waals surface area contributed by atoms with Gasteiger partial charge in [0.05, 0.1) is 0 Å². The molecule has 4 heteroatoms. The zero-order valence-corrected chi connectivity index (χ0v) is 14.2. The molecule has 0 spiro atoms. The highest BCUT2D eigenvalue weighted by molar-refractivity contribution is 5.78. The summed E-state index contributed by atoms with van der Waals surface area (Å²) in [5.74, 6) is -0.0862. The first-order chi connectivity index (χ1) is 11.6. The van der Waals surface area contributed by atoms with Crippen LogP contribution in [0.4, 0.5) is 0 Å². The van der Waals surface area contributed by atoms with Gasteiger partial charge in [-0.25, -0.2) is 0 Å². The molecule has 2 rings (SSSR count). The Labute approximate surface area is 143 Å². The van der Waals surface area contributed by atoms with Gasteiger partial charge >= 0.3 is 0 Å². The predicted molar refractivity (Wildman–Crippen MR) is 95.8 cm³/mol. The molecular weight excluding hydrogens is 300 g/mol. The van der Waals surface area contributed by atoms with Crippen LogP contribution in [-0.4, -0.2) is 24.9 Å². The van der Waals surface area contributed by atoms with Crippen molar-refractivity contribution in [2.75, 3.05) is 13.1 Å². The minimum atomic E-state index is -0.0914. The Morgan fingerprint density at radius 2 is 1.54 bits per heavy atom. The van der Waals surface area contributed by atoms with Crippen molar-refractivity contribution in [3.05, 3.63) is 71.3 Å². The van der Waals surface area contributed by atoms with Crippen molar-refractivity contribution in [1.29, 1.82) is 0 Å². The summed E-state index contributed by atoms with van der Waals surface area (Å²) in [6.07, 6.45) is 0.384. The highest BCUT2D eigenvalue weighted by Crippen LogP contribution is 2.30. The van der Waals surface area contributed by atoms with Gasteiger partial charge < -0.3 is 10.6 Å². The molecule has 4 nitrogen and oxygen atoms in total. The number of nitrogens with one attached hydrogen (secondary N) is 2. The fraction of sp³-hybridized carbons (Fsp3) is 0.300. The van der Waals surface area contributed by atoms with Crippen LogP contribution in [0.25, 0.3) is 0 Å². The quantitative estimate of drug-likeness (QED) is 0.770. The number of benzene rings is 2. The van der Waals surface area contributed by atoms with E-state index in [9.17, 15) is 9.59 Å². The Kier molecular flexibility index (Phi) is 6.55. The lowest BCUT2D eigenvalue weighted by Crippen LogP contribution is -2.34. The van der Waals surface area contributed by atoms with Gasteiger partial charge in [-0.15, -0.1) is 0 Å². The Balaban J connectivity index is 2.09.